The molecule has 2 N–H and O–H groups in total. The first kappa shape index (κ1) is 17.7. The van der Waals surface area contributed by atoms with E-state index in [1.165, 1.54) is 6.20 Å². The lowest BCUT2D eigenvalue weighted by molar-refractivity contribution is -0.0967. The summed E-state index contributed by atoms with van der Waals surface area (Å²) in [7, 11) is 3.86. The number of carbonyl (C=O) groups excluding carboxylic acids is 1. The molecule has 0 atom stereocenters. The normalized spacial score (nSPS) is 18.2. The van der Waals surface area contributed by atoms with Gasteiger partial charge in [-0.25, -0.2) is 15.0 Å². The minimum Gasteiger partial charge on any atom is -0.384 e. The molecule has 27 heavy (non-hydrogen) atoms. The Hall–Kier alpha value is -2.74. The molecule has 0 bridgehead atoms. The van der Waals surface area contributed by atoms with Crippen molar-refractivity contribution in [1.82, 2.24) is 19.9 Å². The highest BCUT2D eigenvalue weighted by atomic mass is 16.5. The first-order chi connectivity index (χ1) is 13.0. The number of aromatic nitrogens is 3. The predicted octanol–water partition coefficient (Wildman–Crippen LogP) is 1.22. The number of anilines is 2. The number of hydrogen-bond donors (Lipinski definition) is 1. The van der Waals surface area contributed by atoms with Gasteiger partial charge < -0.3 is 20.3 Å². The van der Waals surface area contributed by atoms with Crippen LogP contribution in [0.15, 0.2) is 24.5 Å². The number of likely N-dealkylation sites (tertiary alicyclic amines) is 1. The standard InChI is InChI=1S/C19H24N6O2/c1-24(2)18-22-11-13-5-10-27-19(16(13)23-18)6-8-25(9-7-19)17(26)14-3-4-15(20)21-12-14/h3-4,11-12H,5-10H2,1-2H3,(H2,20,21). The molecule has 4 heterocycles. The average Bonchev–Trinajstić information content (AvgIpc) is 2.69. The molecule has 2 aliphatic heterocycles. The zero-order valence-electron chi connectivity index (χ0n) is 15.7. The molecule has 8 nitrogen and oxygen atoms in total. The molecule has 0 unspecified atom stereocenters. The predicted molar refractivity (Wildman–Crippen MR) is 101 cm³/mol. The summed E-state index contributed by atoms with van der Waals surface area (Å²) in [5, 5.41) is 0. The van der Waals surface area contributed by atoms with E-state index in [1.807, 2.05) is 30.1 Å². The van der Waals surface area contributed by atoms with Crippen LogP contribution in [-0.4, -0.2) is 59.6 Å². The molecule has 1 amide bonds. The van der Waals surface area contributed by atoms with Crippen molar-refractivity contribution >= 4 is 17.7 Å². The van der Waals surface area contributed by atoms with Crippen LogP contribution in [0.4, 0.5) is 11.8 Å². The van der Waals surface area contributed by atoms with Crippen molar-refractivity contribution in [3.8, 4) is 0 Å². The number of nitrogens with two attached hydrogens (primary N) is 1. The van der Waals surface area contributed by atoms with Gasteiger partial charge in [-0.1, -0.05) is 0 Å². The molecule has 1 fully saturated rings. The van der Waals surface area contributed by atoms with Crippen LogP contribution < -0.4 is 10.6 Å². The zero-order valence-corrected chi connectivity index (χ0v) is 15.7. The van der Waals surface area contributed by atoms with Crippen LogP contribution in [-0.2, 0) is 16.8 Å². The number of pyridine rings is 1. The molecule has 142 valence electrons. The first-order valence-electron chi connectivity index (χ1n) is 9.17. The molecule has 8 heteroatoms. The van der Waals surface area contributed by atoms with Crippen molar-refractivity contribution in [2.24, 2.45) is 0 Å². The van der Waals surface area contributed by atoms with E-state index >= 15 is 0 Å². The van der Waals surface area contributed by atoms with Crippen LogP contribution >= 0.6 is 0 Å². The summed E-state index contributed by atoms with van der Waals surface area (Å²) in [5.74, 6) is 1.07. The maximum absolute atomic E-state index is 12.7. The molecule has 1 spiro atoms. The molecule has 4 rings (SSSR count). The van der Waals surface area contributed by atoms with Crippen molar-refractivity contribution < 1.29 is 9.53 Å². The maximum Gasteiger partial charge on any atom is 0.255 e. The Kier molecular flexibility index (Phi) is 4.43. The van der Waals surface area contributed by atoms with Crippen molar-refractivity contribution in [2.45, 2.75) is 24.9 Å². The number of carbonyl (C=O) groups is 1. The van der Waals surface area contributed by atoms with Gasteiger partial charge in [-0.2, -0.15) is 0 Å². The van der Waals surface area contributed by atoms with E-state index in [0.717, 1.165) is 30.5 Å². The van der Waals surface area contributed by atoms with Gasteiger partial charge in [0.25, 0.3) is 5.91 Å². The Morgan fingerprint density at radius 2 is 2.00 bits per heavy atom. The van der Waals surface area contributed by atoms with Crippen LogP contribution in [0.3, 0.4) is 0 Å². The van der Waals surface area contributed by atoms with Gasteiger partial charge in [0.2, 0.25) is 5.95 Å². The number of fused-ring (bicyclic) bond motifs is 2. The fourth-order valence-corrected chi connectivity index (χ4v) is 3.78. The lowest BCUT2D eigenvalue weighted by Gasteiger charge is -2.44. The lowest BCUT2D eigenvalue weighted by atomic mass is 9.83. The highest BCUT2D eigenvalue weighted by Gasteiger charge is 2.43. The maximum atomic E-state index is 12.7. The summed E-state index contributed by atoms with van der Waals surface area (Å²) in [6.07, 6.45) is 5.71. The smallest absolute Gasteiger partial charge is 0.255 e. The Balaban J connectivity index is 1.54. The molecule has 2 aliphatic rings. The summed E-state index contributed by atoms with van der Waals surface area (Å²) in [4.78, 5) is 29.7. The van der Waals surface area contributed by atoms with Crippen LogP contribution in [0.2, 0.25) is 0 Å². The Morgan fingerprint density at radius 1 is 1.22 bits per heavy atom. The Labute approximate surface area is 158 Å². The van der Waals surface area contributed by atoms with Crippen molar-refractivity contribution in [3.05, 3.63) is 41.3 Å². The van der Waals surface area contributed by atoms with E-state index in [-0.39, 0.29) is 5.91 Å². The van der Waals surface area contributed by atoms with Crippen molar-refractivity contribution in [2.75, 3.05) is 44.4 Å². The van der Waals surface area contributed by atoms with Gasteiger partial charge in [0.1, 0.15) is 11.4 Å². The van der Waals surface area contributed by atoms with E-state index in [2.05, 4.69) is 9.97 Å². The average molecular weight is 368 g/mol. The Morgan fingerprint density at radius 3 is 2.67 bits per heavy atom. The highest BCUT2D eigenvalue weighted by molar-refractivity contribution is 5.94. The second-order valence-corrected chi connectivity index (χ2v) is 7.29. The minimum atomic E-state index is -0.433. The molecule has 0 aromatic carbocycles. The van der Waals surface area contributed by atoms with Gasteiger partial charge in [-0.15, -0.1) is 0 Å². The third kappa shape index (κ3) is 3.21. The number of rotatable bonds is 2. The van der Waals surface area contributed by atoms with Gasteiger partial charge in [0.15, 0.2) is 0 Å². The van der Waals surface area contributed by atoms with E-state index in [0.29, 0.717) is 37.0 Å². The summed E-state index contributed by atoms with van der Waals surface area (Å²) in [5.41, 5.74) is 7.86. The van der Waals surface area contributed by atoms with Crippen molar-refractivity contribution in [1.29, 1.82) is 0 Å². The molecular weight excluding hydrogens is 344 g/mol. The highest BCUT2D eigenvalue weighted by Crippen LogP contribution is 2.40. The molecule has 0 saturated carbocycles. The van der Waals surface area contributed by atoms with E-state index in [1.54, 1.807) is 12.1 Å². The third-order valence-electron chi connectivity index (χ3n) is 5.32. The van der Waals surface area contributed by atoms with Gasteiger partial charge in [0, 0.05) is 39.6 Å². The monoisotopic (exact) mass is 368 g/mol. The zero-order chi connectivity index (χ0) is 19.0. The fraction of sp³-hybridized carbons (Fsp3) is 0.474. The minimum absolute atomic E-state index is 0.0231. The first-order valence-corrected chi connectivity index (χ1v) is 9.17. The SMILES string of the molecule is CN(C)c1ncc2c(n1)C1(CCN(C(=O)c3ccc(N)nc3)CC1)OCC2. The topological polar surface area (TPSA) is 97.5 Å². The molecule has 0 radical (unpaired) electrons. The summed E-state index contributed by atoms with van der Waals surface area (Å²) < 4.78 is 6.24. The van der Waals surface area contributed by atoms with Gasteiger partial charge in [0.05, 0.1) is 17.9 Å². The number of nitrogen functional groups attached to an aromatic ring is 1. The number of ether oxygens (including phenoxy) is 1. The second-order valence-electron chi connectivity index (χ2n) is 7.29. The molecule has 2 aromatic heterocycles. The quantitative estimate of drug-likeness (QED) is 0.851. The van der Waals surface area contributed by atoms with Gasteiger partial charge in [-0.3, -0.25) is 4.79 Å². The third-order valence-corrected chi connectivity index (χ3v) is 5.32. The molecule has 1 saturated heterocycles. The summed E-state index contributed by atoms with van der Waals surface area (Å²) >= 11 is 0. The lowest BCUT2D eigenvalue weighted by Crippen LogP contribution is -2.49. The number of nitrogens with zero attached hydrogens (tertiary/aromatic N) is 5. The van der Waals surface area contributed by atoms with Crippen LogP contribution in [0.5, 0.6) is 0 Å². The number of hydrogen-bond acceptors (Lipinski definition) is 7. The molecule has 2 aromatic rings. The van der Waals surface area contributed by atoms with Crippen LogP contribution in [0, 0.1) is 0 Å². The van der Waals surface area contributed by atoms with E-state index in [9.17, 15) is 4.79 Å². The number of amides is 1. The van der Waals surface area contributed by atoms with E-state index in [4.69, 9.17) is 15.5 Å². The van der Waals surface area contributed by atoms with Crippen molar-refractivity contribution in [3.63, 3.8) is 0 Å². The van der Waals surface area contributed by atoms with Crippen LogP contribution in [0.25, 0.3) is 0 Å². The second kappa shape index (κ2) is 6.77. The fourth-order valence-electron chi connectivity index (χ4n) is 3.78. The largest absolute Gasteiger partial charge is 0.384 e. The Bertz CT molecular complexity index is 844. The summed E-state index contributed by atoms with van der Waals surface area (Å²) in [6, 6.07) is 3.37. The van der Waals surface area contributed by atoms with Gasteiger partial charge in [-0.05, 0) is 37.0 Å². The van der Waals surface area contributed by atoms with Gasteiger partial charge >= 0.3 is 0 Å². The van der Waals surface area contributed by atoms with Crippen LogP contribution in [0.1, 0.15) is 34.5 Å². The van der Waals surface area contributed by atoms with E-state index < -0.39 is 5.60 Å². The molecular formula is C19H24N6O2. The molecule has 0 aliphatic carbocycles. The number of piperidine rings is 1. The summed E-state index contributed by atoms with van der Waals surface area (Å²) in [6.45, 7) is 1.89.